The van der Waals surface area contributed by atoms with Crippen LogP contribution in [-0.2, 0) is 22.9 Å². The van der Waals surface area contributed by atoms with Gasteiger partial charge in [-0.25, -0.2) is 29.7 Å². The van der Waals surface area contributed by atoms with Gasteiger partial charge in [-0.3, -0.25) is 10.1 Å². The summed E-state index contributed by atoms with van der Waals surface area (Å²) in [6.45, 7) is 3.68. The zero-order valence-electron chi connectivity index (χ0n) is 24.8. The number of benzene rings is 2. The smallest absolute Gasteiger partial charge is 0.305 e. The maximum absolute atomic E-state index is 15.2. The summed E-state index contributed by atoms with van der Waals surface area (Å²) in [7, 11) is -1.38. The fourth-order valence-electron chi connectivity index (χ4n) is 4.43. The molecule has 0 amide bonds. The lowest BCUT2D eigenvalue weighted by atomic mass is 9.96. The first kappa shape index (κ1) is 31.0. The molecule has 4 aromatic rings. The molecule has 0 bridgehead atoms. The fourth-order valence-corrected chi connectivity index (χ4v) is 5.67. The van der Waals surface area contributed by atoms with Crippen molar-refractivity contribution in [3.8, 4) is 22.6 Å². The molecule has 0 N–H and O–H groups in total. The van der Waals surface area contributed by atoms with Crippen molar-refractivity contribution in [1.29, 1.82) is 0 Å². The number of aryl methyl sites for hydroxylation is 1. The zero-order valence-corrected chi connectivity index (χ0v) is 26.5. The van der Waals surface area contributed by atoms with Gasteiger partial charge in [0.25, 0.3) is 0 Å². The second-order valence-corrected chi connectivity index (χ2v) is 20.9. The number of imidazole rings is 1. The lowest BCUT2D eigenvalue weighted by Gasteiger charge is -2.24. The molecule has 41 heavy (non-hydrogen) atoms. The Morgan fingerprint density at radius 3 is 2.24 bits per heavy atom. The first-order chi connectivity index (χ1) is 19.3. The summed E-state index contributed by atoms with van der Waals surface area (Å²) in [5.41, 5.74) is 2.34. The SMILES string of the molecule is Cc1c(-c2cccc([N+](=O)[O-])c2F)ccc2c(-c3nccn3COCCS(C)(C)C)nn(COCCS(C)(C)C)c12. The molecule has 0 unspecified atom stereocenters. The molecule has 0 atom stereocenters. The Labute approximate surface area is 243 Å². The molecule has 0 aliphatic rings. The molecule has 0 saturated carbocycles. The standard InChI is InChI=1S/C29H40FN5O4S2/c1-21-22(23-9-8-10-25(26(23)30)35(36)37)11-12-24-27(32-34(28(21)24)20-39-16-18-41(5,6)7)29-31-13-14-33(29)19-38-15-17-40(2,3)4/h8-14H,15-20H2,1-7H3. The lowest BCUT2D eigenvalue weighted by Crippen LogP contribution is -2.12. The van der Waals surface area contributed by atoms with Crippen molar-refractivity contribution >= 4 is 36.6 Å². The number of hydrogen-bond donors (Lipinski definition) is 0. The number of fused-ring (bicyclic) bond motifs is 1. The van der Waals surface area contributed by atoms with E-state index in [1.54, 1.807) is 23.0 Å². The number of nitro benzene ring substituents is 1. The summed E-state index contributed by atoms with van der Waals surface area (Å²) >= 11 is 0. The third-order valence-electron chi connectivity index (χ3n) is 6.68. The maximum atomic E-state index is 15.2. The summed E-state index contributed by atoms with van der Waals surface area (Å²) in [6.07, 6.45) is 17.1. The van der Waals surface area contributed by atoms with E-state index in [4.69, 9.17) is 14.6 Å². The van der Waals surface area contributed by atoms with Gasteiger partial charge in [-0.05, 0) is 61.7 Å². The van der Waals surface area contributed by atoms with Crippen molar-refractivity contribution in [2.45, 2.75) is 20.4 Å². The Morgan fingerprint density at radius 2 is 1.61 bits per heavy atom. The molecular weight excluding hydrogens is 565 g/mol. The number of halogens is 1. The second-order valence-electron chi connectivity index (χ2n) is 11.8. The van der Waals surface area contributed by atoms with E-state index in [0.29, 0.717) is 37.0 Å². The Bertz CT molecular complexity index is 1540. The summed E-state index contributed by atoms with van der Waals surface area (Å²) in [6, 6.07) is 7.89. The van der Waals surface area contributed by atoms with E-state index in [-0.39, 0.29) is 12.3 Å². The highest BCUT2D eigenvalue weighted by Crippen LogP contribution is 2.38. The van der Waals surface area contributed by atoms with Gasteiger partial charge >= 0.3 is 5.69 Å². The van der Waals surface area contributed by atoms with Crippen molar-refractivity contribution < 1.29 is 18.8 Å². The summed E-state index contributed by atoms with van der Waals surface area (Å²) in [4.78, 5) is 15.3. The molecule has 0 fully saturated rings. The number of nitro groups is 1. The predicted molar refractivity (Wildman–Crippen MR) is 170 cm³/mol. The van der Waals surface area contributed by atoms with Crippen LogP contribution in [0, 0.1) is 22.9 Å². The second kappa shape index (κ2) is 12.5. The van der Waals surface area contributed by atoms with Crippen molar-refractivity contribution in [3.05, 3.63) is 64.2 Å². The largest absolute Gasteiger partial charge is 0.360 e. The molecule has 224 valence electrons. The van der Waals surface area contributed by atoms with E-state index in [2.05, 4.69) is 42.5 Å². The van der Waals surface area contributed by atoms with Crippen molar-refractivity contribution in [1.82, 2.24) is 19.3 Å². The van der Waals surface area contributed by atoms with Gasteiger partial charge in [-0.15, -0.1) is 0 Å². The van der Waals surface area contributed by atoms with Gasteiger partial charge in [-0.2, -0.15) is 9.49 Å². The van der Waals surface area contributed by atoms with Crippen LogP contribution in [0.25, 0.3) is 33.5 Å². The van der Waals surface area contributed by atoms with E-state index < -0.39 is 36.5 Å². The summed E-state index contributed by atoms with van der Waals surface area (Å²) in [5.74, 6) is 1.77. The predicted octanol–water partition coefficient (Wildman–Crippen LogP) is 6.26. The number of ether oxygens (including phenoxy) is 2. The topological polar surface area (TPSA) is 97.2 Å². The van der Waals surface area contributed by atoms with Crippen LogP contribution >= 0.6 is 20.1 Å². The van der Waals surface area contributed by atoms with Gasteiger partial charge in [0.1, 0.15) is 19.2 Å². The molecular formula is C29H40FN5O4S2. The molecule has 12 heteroatoms. The van der Waals surface area contributed by atoms with Crippen LogP contribution in [0.15, 0.2) is 42.7 Å². The molecule has 0 aliphatic heterocycles. The van der Waals surface area contributed by atoms with Gasteiger partial charge in [-0.1, -0.05) is 18.2 Å². The average molecular weight is 606 g/mol. The minimum atomic E-state index is -0.861. The van der Waals surface area contributed by atoms with Gasteiger partial charge in [0.2, 0.25) is 5.82 Å². The molecule has 2 aromatic carbocycles. The molecule has 0 saturated heterocycles. The molecule has 0 aliphatic carbocycles. The minimum Gasteiger partial charge on any atom is -0.360 e. The zero-order chi connectivity index (χ0) is 29.9. The quantitative estimate of drug-likeness (QED) is 0.101. The first-order valence-electron chi connectivity index (χ1n) is 13.2. The van der Waals surface area contributed by atoms with E-state index in [1.807, 2.05) is 23.8 Å². The van der Waals surface area contributed by atoms with Crippen LogP contribution in [0.5, 0.6) is 0 Å². The van der Waals surface area contributed by atoms with Crippen LogP contribution in [0.1, 0.15) is 5.56 Å². The van der Waals surface area contributed by atoms with Gasteiger partial charge < -0.3 is 14.0 Å². The minimum absolute atomic E-state index is 0.168. The van der Waals surface area contributed by atoms with E-state index in [1.165, 1.54) is 12.1 Å². The fraction of sp³-hybridized carbons (Fsp3) is 0.448. The normalized spacial score (nSPS) is 13.2. The number of rotatable bonds is 13. The Balaban J connectivity index is 1.76. The van der Waals surface area contributed by atoms with E-state index in [0.717, 1.165) is 28.0 Å². The van der Waals surface area contributed by atoms with Crippen LogP contribution < -0.4 is 0 Å². The monoisotopic (exact) mass is 605 g/mol. The Kier molecular flexibility index (Phi) is 9.47. The van der Waals surface area contributed by atoms with E-state index in [9.17, 15) is 10.1 Å². The van der Waals surface area contributed by atoms with Crippen LogP contribution in [-0.4, -0.2) is 86.5 Å². The van der Waals surface area contributed by atoms with Crippen molar-refractivity contribution in [2.24, 2.45) is 0 Å². The molecule has 0 radical (unpaired) electrons. The average Bonchev–Trinajstić information content (AvgIpc) is 3.48. The Morgan fingerprint density at radius 1 is 0.951 bits per heavy atom. The number of aromatic nitrogens is 4. The highest BCUT2D eigenvalue weighted by Gasteiger charge is 2.24. The third kappa shape index (κ3) is 7.48. The van der Waals surface area contributed by atoms with Crippen LogP contribution in [0.2, 0.25) is 0 Å². The first-order valence-corrected chi connectivity index (χ1v) is 19.2. The third-order valence-corrected chi connectivity index (χ3v) is 9.46. The highest BCUT2D eigenvalue weighted by atomic mass is 32.3. The molecule has 0 spiro atoms. The van der Waals surface area contributed by atoms with Crippen LogP contribution in [0.3, 0.4) is 0 Å². The molecule has 2 heterocycles. The number of nitrogens with zero attached hydrogens (tertiary/aromatic N) is 5. The summed E-state index contributed by atoms with van der Waals surface area (Å²) < 4.78 is 31.0. The molecule has 9 nitrogen and oxygen atoms in total. The van der Waals surface area contributed by atoms with Gasteiger partial charge in [0, 0.05) is 40.9 Å². The lowest BCUT2D eigenvalue weighted by molar-refractivity contribution is -0.387. The number of hydrogen-bond acceptors (Lipinski definition) is 6. The highest BCUT2D eigenvalue weighted by molar-refractivity contribution is 8.32. The maximum Gasteiger partial charge on any atom is 0.305 e. The summed E-state index contributed by atoms with van der Waals surface area (Å²) in [5, 5.41) is 17.1. The van der Waals surface area contributed by atoms with Crippen molar-refractivity contribution in [2.75, 3.05) is 62.3 Å². The molecule has 2 aromatic heterocycles. The van der Waals surface area contributed by atoms with Crippen LogP contribution in [0.4, 0.5) is 10.1 Å². The van der Waals surface area contributed by atoms with Gasteiger partial charge in [0.05, 0.1) is 23.7 Å². The van der Waals surface area contributed by atoms with Gasteiger partial charge in [0.15, 0.2) is 5.82 Å². The van der Waals surface area contributed by atoms with E-state index >= 15 is 4.39 Å². The Hall–Kier alpha value is -2.93. The molecule has 4 rings (SSSR count). The van der Waals surface area contributed by atoms with Crippen molar-refractivity contribution in [3.63, 3.8) is 0 Å².